The molecule has 4 nitrogen and oxygen atoms in total. The lowest BCUT2D eigenvalue weighted by Crippen LogP contribution is -2.38. The molecule has 3 rings (SSSR count). The van der Waals surface area contributed by atoms with Crippen molar-refractivity contribution in [2.24, 2.45) is 11.7 Å². The molecule has 2 heterocycles. The normalized spacial score (nSPS) is 34.4. The Morgan fingerprint density at radius 3 is 2.86 bits per heavy atom. The monoisotopic (exact) mass is 190 g/mol. The molecule has 0 radical (unpaired) electrons. The molecule has 0 bridgehead atoms. The number of anilines is 1. The fourth-order valence-electron chi connectivity index (χ4n) is 2.60. The van der Waals surface area contributed by atoms with Gasteiger partial charge in [0.05, 0.1) is 18.1 Å². The van der Waals surface area contributed by atoms with Crippen molar-refractivity contribution >= 4 is 5.69 Å². The first-order chi connectivity index (χ1) is 6.90. The van der Waals surface area contributed by atoms with Crippen LogP contribution in [0.4, 0.5) is 5.69 Å². The summed E-state index contributed by atoms with van der Waals surface area (Å²) in [5.41, 5.74) is 6.89. The Hall–Kier alpha value is -1.16. The molecule has 14 heavy (non-hydrogen) atoms. The van der Waals surface area contributed by atoms with Crippen molar-refractivity contribution in [2.45, 2.75) is 24.9 Å². The summed E-state index contributed by atoms with van der Waals surface area (Å²) in [6.07, 6.45) is 7.91. The highest BCUT2D eigenvalue weighted by molar-refractivity contribution is 5.49. The van der Waals surface area contributed by atoms with Gasteiger partial charge in [0.1, 0.15) is 6.33 Å². The molecule has 3 unspecified atom stereocenters. The van der Waals surface area contributed by atoms with Gasteiger partial charge in [0.25, 0.3) is 0 Å². The average molecular weight is 190 g/mol. The third kappa shape index (κ3) is 1.10. The Morgan fingerprint density at radius 1 is 1.36 bits per heavy atom. The molecule has 74 valence electrons. The molecule has 2 fully saturated rings. The number of nitrogens with two attached hydrogens (primary N) is 1. The van der Waals surface area contributed by atoms with E-state index in [4.69, 9.17) is 5.73 Å². The van der Waals surface area contributed by atoms with Crippen LogP contribution in [0.5, 0.6) is 0 Å². The van der Waals surface area contributed by atoms with E-state index in [1.807, 2.05) is 12.4 Å². The van der Waals surface area contributed by atoms with E-state index in [1.165, 1.54) is 12.8 Å². The highest BCUT2D eigenvalue weighted by atomic mass is 15.3. The molecule has 1 saturated carbocycles. The van der Waals surface area contributed by atoms with Gasteiger partial charge >= 0.3 is 0 Å². The number of aromatic nitrogens is 2. The minimum absolute atomic E-state index is 0.504. The summed E-state index contributed by atoms with van der Waals surface area (Å²) in [6, 6.07) is 1.22. The van der Waals surface area contributed by atoms with Crippen molar-refractivity contribution in [1.29, 1.82) is 0 Å². The Kier molecular flexibility index (Phi) is 1.70. The van der Waals surface area contributed by atoms with E-state index in [1.54, 1.807) is 6.33 Å². The fourth-order valence-corrected chi connectivity index (χ4v) is 2.60. The molecule has 1 aromatic heterocycles. The predicted octanol–water partition coefficient (Wildman–Crippen LogP) is 0.402. The summed E-state index contributed by atoms with van der Waals surface area (Å²) in [6.45, 7) is 0.738. The minimum atomic E-state index is 0.504. The Morgan fingerprint density at radius 2 is 2.14 bits per heavy atom. The fraction of sp³-hybridized carbons (Fsp3) is 0.600. The second-order valence-corrected chi connectivity index (χ2v) is 4.19. The molecular weight excluding hydrogens is 176 g/mol. The van der Waals surface area contributed by atoms with Crippen LogP contribution in [0, 0.1) is 5.92 Å². The number of nitrogens with zero attached hydrogens (tertiary/aromatic N) is 3. The van der Waals surface area contributed by atoms with E-state index in [-0.39, 0.29) is 0 Å². The van der Waals surface area contributed by atoms with Crippen LogP contribution in [0.2, 0.25) is 0 Å². The van der Waals surface area contributed by atoms with E-state index in [0.717, 1.165) is 24.2 Å². The van der Waals surface area contributed by atoms with Gasteiger partial charge in [-0.05, 0) is 18.8 Å². The second kappa shape index (κ2) is 2.92. The van der Waals surface area contributed by atoms with E-state index in [0.29, 0.717) is 6.04 Å². The summed E-state index contributed by atoms with van der Waals surface area (Å²) in [4.78, 5) is 10.5. The summed E-state index contributed by atoms with van der Waals surface area (Å²) >= 11 is 0. The van der Waals surface area contributed by atoms with Gasteiger partial charge in [0.2, 0.25) is 0 Å². The van der Waals surface area contributed by atoms with Crippen molar-refractivity contribution in [3.63, 3.8) is 0 Å². The maximum Gasteiger partial charge on any atom is 0.115 e. The van der Waals surface area contributed by atoms with Crippen LogP contribution in [0.25, 0.3) is 0 Å². The van der Waals surface area contributed by atoms with Gasteiger partial charge in [0, 0.05) is 18.6 Å². The minimum Gasteiger partial charge on any atom is -0.361 e. The van der Waals surface area contributed by atoms with Crippen LogP contribution in [0.3, 0.4) is 0 Å². The predicted molar refractivity (Wildman–Crippen MR) is 53.9 cm³/mol. The lowest BCUT2D eigenvalue weighted by atomic mass is 10.1. The van der Waals surface area contributed by atoms with E-state index in [2.05, 4.69) is 14.9 Å². The number of hydrogen-bond donors (Lipinski definition) is 1. The van der Waals surface area contributed by atoms with Crippen LogP contribution in [-0.4, -0.2) is 28.6 Å². The smallest absolute Gasteiger partial charge is 0.115 e. The van der Waals surface area contributed by atoms with Crippen molar-refractivity contribution in [3.8, 4) is 0 Å². The number of hydrogen-bond acceptors (Lipinski definition) is 4. The van der Waals surface area contributed by atoms with Crippen LogP contribution in [0.15, 0.2) is 18.7 Å². The lowest BCUT2D eigenvalue weighted by molar-refractivity contribution is 0.605. The van der Waals surface area contributed by atoms with E-state index < -0.39 is 0 Å². The topological polar surface area (TPSA) is 55.0 Å². The van der Waals surface area contributed by atoms with Gasteiger partial charge in [-0.3, -0.25) is 0 Å². The van der Waals surface area contributed by atoms with Crippen molar-refractivity contribution < 1.29 is 0 Å². The molecule has 2 aliphatic rings. The molecule has 2 N–H and O–H groups in total. The largest absolute Gasteiger partial charge is 0.361 e. The van der Waals surface area contributed by atoms with Gasteiger partial charge in [-0.1, -0.05) is 0 Å². The van der Waals surface area contributed by atoms with Crippen molar-refractivity contribution in [1.82, 2.24) is 9.97 Å². The third-order valence-corrected chi connectivity index (χ3v) is 3.33. The summed E-state index contributed by atoms with van der Waals surface area (Å²) < 4.78 is 0. The van der Waals surface area contributed by atoms with Gasteiger partial charge in [0.15, 0.2) is 0 Å². The molecule has 1 aliphatic heterocycles. The standard InChI is InChI=1S/C10H14N4/c11-3-8-1-7-2-10(7)14(8)9-4-12-6-13-5-9/h4-8,10H,1-3,11H2. The van der Waals surface area contributed by atoms with Crippen LogP contribution in [0.1, 0.15) is 12.8 Å². The summed E-state index contributed by atoms with van der Waals surface area (Å²) in [5.74, 6) is 0.878. The molecule has 1 aromatic rings. The molecule has 3 atom stereocenters. The SMILES string of the molecule is NCC1CC2CC2N1c1cncnc1. The molecule has 0 aromatic carbocycles. The third-order valence-electron chi connectivity index (χ3n) is 3.33. The molecule has 0 spiro atoms. The first-order valence-corrected chi connectivity index (χ1v) is 5.13. The van der Waals surface area contributed by atoms with Gasteiger partial charge in [-0.2, -0.15) is 0 Å². The molecule has 1 aliphatic carbocycles. The van der Waals surface area contributed by atoms with Crippen molar-refractivity contribution in [2.75, 3.05) is 11.4 Å². The van der Waals surface area contributed by atoms with Gasteiger partial charge < -0.3 is 10.6 Å². The summed E-state index contributed by atoms with van der Waals surface area (Å²) in [5, 5.41) is 0. The van der Waals surface area contributed by atoms with Gasteiger partial charge in [-0.25, -0.2) is 9.97 Å². The quantitative estimate of drug-likeness (QED) is 0.733. The van der Waals surface area contributed by atoms with Gasteiger partial charge in [-0.15, -0.1) is 0 Å². The Labute approximate surface area is 83.1 Å². The zero-order valence-electron chi connectivity index (χ0n) is 8.00. The molecule has 4 heteroatoms. The zero-order valence-corrected chi connectivity index (χ0v) is 8.00. The highest BCUT2D eigenvalue weighted by Gasteiger charge is 2.51. The Bertz CT molecular complexity index is 326. The first kappa shape index (κ1) is 8.17. The van der Waals surface area contributed by atoms with E-state index in [9.17, 15) is 0 Å². The highest BCUT2D eigenvalue weighted by Crippen LogP contribution is 2.49. The average Bonchev–Trinajstić information content (AvgIpc) is 2.91. The van der Waals surface area contributed by atoms with Crippen molar-refractivity contribution in [3.05, 3.63) is 18.7 Å². The van der Waals surface area contributed by atoms with Crippen LogP contribution >= 0.6 is 0 Å². The van der Waals surface area contributed by atoms with E-state index >= 15 is 0 Å². The molecular formula is C10H14N4. The Balaban J connectivity index is 1.89. The maximum absolute atomic E-state index is 5.76. The zero-order chi connectivity index (χ0) is 9.54. The summed E-state index contributed by atoms with van der Waals surface area (Å²) in [7, 11) is 0. The molecule has 0 amide bonds. The molecule has 1 saturated heterocycles. The number of piperidine rings is 1. The number of fused-ring (bicyclic) bond motifs is 1. The first-order valence-electron chi connectivity index (χ1n) is 5.13. The second-order valence-electron chi connectivity index (χ2n) is 4.19. The maximum atomic E-state index is 5.76. The van der Waals surface area contributed by atoms with Crippen LogP contribution < -0.4 is 10.6 Å². The number of rotatable bonds is 2. The van der Waals surface area contributed by atoms with Crippen LogP contribution in [-0.2, 0) is 0 Å². The lowest BCUT2D eigenvalue weighted by Gasteiger charge is -2.27.